The number of pyridine rings is 1. The first-order chi connectivity index (χ1) is 8.66. The molecule has 1 aromatic carbocycles. The first-order valence-electron chi connectivity index (χ1n) is 5.49. The van der Waals surface area contributed by atoms with Gasteiger partial charge in [0, 0.05) is 16.4 Å². The molecule has 0 aliphatic rings. The van der Waals surface area contributed by atoms with Gasteiger partial charge < -0.3 is 4.98 Å². The van der Waals surface area contributed by atoms with Crippen molar-refractivity contribution in [3.63, 3.8) is 0 Å². The molecule has 0 amide bonds. The average Bonchev–Trinajstić information content (AvgIpc) is 2.69. The molecule has 3 nitrogen and oxygen atoms in total. The van der Waals surface area contributed by atoms with Gasteiger partial charge in [-0.25, -0.2) is 4.98 Å². The Kier molecular flexibility index (Phi) is 2.80. The van der Waals surface area contributed by atoms with Gasteiger partial charge in [0.1, 0.15) is 0 Å². The van der Waals surface area contributed by atoms with Gasteiger partial charge in [0.2, 0.25) is 0 Å². The number of aromatic amines is 1. The van der Waals surface area contributed by atoms with Crippen molar-refractivity contribution in [1.82, 2.24) is 14.5 Å². The van der Waals surface area contributed by atoms with Crippen LogP contribution in [0.5, 0.6) is 0 Å². The number of benzene rings is 1. The van der Waals surface area contributed by atoms with E-state index in [1.807, 2.05) is 41.8 Å². The number of imidazole rings is 1. The van der Waals surface area contributed by atoms with E-state index in [0.29, 0.717) is 4.77 Å². The number of hydrogen-bond acceptors (Lipinski definition) is 2. The van der Waals surface area contributed by atoms with Gasteiger partial charge in [-0.3, -0.25) is 4.57 Å². The summed E-state index contributed by atoms with van der Waals surface area (Å²) >= 11 is 8.81. The van der Waals surface area contributed by atoms with Crippen molar-refractivity contribution < 1.29 is 0 Å². The molecule has 0 radical (unpaired) electrons. The Labute approximate surface area is 118 Å². The van der Waals surface area contributed by atoms with Crippen LogP contribution in [0.1, 0.15) is 5.56 Å². The Morgan fingerprint density at radius 3 is 2.67 bits per heavy atom. The fourth-order valence-corrected chi connectivity index (χ4v) is 2.51. The molecule has 0 saturated carbocycles. The van der Waals surface area contributed by atoms with Crippen molar-refractivity contribution in [1.29, 1.82) is 0 Å². The van der Waals surface area contributed by atoms with E-state index in [2.05, 4.69) is 25.9 Å². The number of aryl methyl sites for hydroxylation is 1. The Bertz CT molecular complexity index is 771. The molecule has 2 aromatic heterocycles. The van der Waals surface area contributed by atoms with Gasteiger partial charge in [-0.15, -0.1) is 0 Å². The van der Waals surface area contributed by atoms with Crippen LogP contribution in [-0.4, -0.2) is 14.5 Å². The quantitative estimate of drug-likeness (QED) is 0.683. The second-order valence-corrected chi connectivity index (χ2v) is 5.37. The van der Waals surface area contributed by atoms with Gasteiger partial charge in [0.05, 0.1) is 5.52 Å². The maximum atomic E-state index is 5.38. The fraction of sp³-hybridized carbons (Fsp3) is 0.0769. The van der Waals surface area contributed by atoms with E-state index < -0.39 is 0 Å². The molecular formula is C13H10BrN3S. The minimum absolute atomic E-state index is 0.661. The Balaban J connectivity index is 2.35. The van der Waals surface area contributed by atoms with Crippen LogP contribution in [-0.2, 0) is 0 Å². The maximum Gasteiger partial charge on any atom is 0.184 e. The summed E-state index contributed by atoms with van der Waals surface area (Å²) in [5.74, 6) is 0. The highest BCUT2D eigenvalue weighted by Gasteiger charge is 2.08. The van der Waals surface area contributed by atoms with Crippen LogP contribution in [0.15, 0.2) is 41.0 Å². The van der Waals surface area contributed by atoms with Crippen LogP contribution in [0.25, 0.3) is 16.9 Å². The number of H-pyrrole nitrogens is 1. The van der Waals surface area contributed by atoms with Gasteiger partial charge in [0.15, 0.2) is 10.4 Å². The van der Waals surface area contributed by atoms with Gasteiger partial charge in [0.25, 0.3) is 0 Å². The number of nitrogens with zero attached hydrogens (tertiary/aromatic N) is 2. The first-order valence-corrected chi connectivity index (χ1v) is 6.69. The third-order valence-corrected chi connectivity index (χ3v) is 3.68. The first kappa shape index (κ1) is 11.6. The SMILES string of the molecule is Cc1ccnc2c1[nH]c(=S)n2-c1ccc(Br)cc1. The molecule has 5 heteroatoms. The monoisotopic (exact) mass is 319 g/mol. The minimum Gasteiger partial charge on any atom is -0.329 e. The highest BCUT2D eigenvalue weighted by atomic mass is 79.9. The molecular weight excluding hydrogens is 310 g/mol. The Hall–Kier alpha value is -1.46. The lowest BCUT2D eigenvalue weighted by atomic mass is 10.2. The summed E-state index contributed by atoms with van der Waals surface area (Å²) in [7, 11) is 0. The Morgan fingerprint density at radius 2 is 1.94 bits per heavy atom. The molecule has 0 spiro atoms. The van der Waals surface area contributed by atoms with Crippen molar-refractivity contribution in [3.05, 3.63) is 51.3 Å². The van der Waals surface area contributed by atoms with Gasteiger partial charge in [-0.1, -0.05) is 15.9 Å². The predicted molar refractivity (Wildman–Crippen MR) is 78.7 cm³/mol. The molecule has 3 rings (SSSR count). The second-order valence-electron chi connectivity index (χ2n) is 4.07. The van der Waals surface area contributed by atoms with E-state index in [1.54, 1.807) is 6.20 Å². The van der Waals surface area contributed by atoms with E-state index >= 15 is 0 Å². The van der Waals surface area contributed by atoms with E-state index in [1.165, 1.54) is 0 Å². The van der Waals surface area contributed by atoms with Gasteiger partial charge >= 0.3 is 0 Å². The Morgan fingerprint density at radius 1 is 1.22 bits per heavy atom. The summed E-state index contributed by atoms with van der Waals surface area (Å²) in [6, 6.07) is 9.98. The molecule has 18 heavy (non-hydrogen) atoms. The summed E-state index contributed by atoms with van der Waals surface area (Å²) in [6.45, 7) is 2.04. The van der Waals surface area contributed by atoms with Crippen LogP contribution in [0.3, 0.4) is 0 Å². The predicted octanol–water partition coefficient (Wildman–Crippen LogP) is 4.15. The molecule has 2 heterocycles. The third-order valence-electron chi connectivity index (χ3n) is 2.87. The van der Waals surface area contributed by atoms with E-state index in [9.17, 15) is 0 Å². The molecule has 0 saturated heterocycles. The summed E-state index contributed by atoms with van der Waals surface area (Å²) in [4.78, 5) is 7.63. The zero-order chi connectivity index (χ0) is 12.7. The number of fused-ring (bicyclic) bond motifs is 1. The zero-order valence-electron chi connectivity index (χ0n) is 9.64. The molecule has 90 valence electrons. The highest BCUT2D eigenvalue weighted by molar-refractivity contribution is 9.10. The van der Waals surface area contributed by atoms with Gasteiger partial charge in [-0.2, -0.15) is 0 Å². The summed E-state index contributed by atoms with van der Waals surface area (Å²) in [5.41, 5.74) is 4.00. The molecule has 0 atom stereocenters. The van der Waals surface area contributed by atoms with Crippen molar-refractivity contribution in [2.24, 2.45) is 0 Å². The topological polar surface area (TPSA) is 33.6 Å². The van der Waals surface area contributed by atoms with E-state index in [0.717, 1.165) is 26.9 Å². The average molecular weight is 320 g/mol. The number of aromatic nitrogens is 3. The molecule has 1 N–H and O–H groups in total. The summed E-state index contributed by atoms with van der Waals surface area (Å²) in [6.07, 6.45) is 1.80. The lowest BCUT2D eigenvalue weighted by molar-refractivity contribution is 1.04. The van der Waals surface area contributed by atoms with Crippen molar-refractivity contribution >= 4 is 39.3 Å². The second kappa shape index (κ2) is 4.33. The third kappa shape index (κ3) is 1.79. The van der Waals surface area contributed by atoms with Crippen LogP contribution in [0.4, 0.5) is 0 Å². The van der Waals surface area contributed by atoms with Crippen molar-refractivity contribution in [3.8, 4) is 5.69 Å². The molecule has 0 fully saturated rings. The number of halogens is 1. The minimum atomic E-state index is 0.661. The molecule has 0 aliphatic heterocycles. The number of rotatable bonds is 1. The lowest BCUT2D eigenvalue weighted by Gasteiger charge is -2.04. The molecule has 0 unspecified atom stereocenters. The van der Waals surface area contributed by atoms with Crippen LogP contribution < -0.4 is 0 Å². The largest absolute Gasteiger partial charge is 0.329 e. The van der Waals surface area contributed by atoms with Crippen molar-refractivity contribution in [2.75, 3.05) is 0 Å². The molecule has 3 aromatic rings. The molecule has 0 aliphatic carbocycles. The van der Waals surface area contributed by atoms with Crippen LogP contribution in [0.2, 0.25) is 0 Å². The van der Waals surface area contributed by atoms with Crippen molar-refractivity contribution in [2.45, 2.75) is 6.92 Å². The smallest absolute Gasteiger partial charge is 0.184 e. The summed E-state index contributed by atoms with van der Waals surface area (Å²) < 4.78 is 3.65. The normalized spacial score (nSPS) is 11.0. The highest BCUT2D eigenvalue weighted by Crippen LogP contribution is 2.21. The zero-order valence-corrected chi connectivity index (χ0v) is 12.0. The maximum absolute atomic E-state index is 5.38. The fourth-order valence-electron chi connectivity index (χ4n) is 1.96. The molecule has 0 bridgehead atoms. The number of nitrogens with one attached hydrogen (secondary N) is 1. The van der Waals surface area contributed by atoms with Crippen LogP contribution in [0, 0.1) is 11.7 Å². The van der Waals surface area contributed by atoms with Gasteiger partial charge in [-0.05, 0) is 55.0 Å². The van der Waals surface area contributed by atoms with E-state index in [4.69, 9.17) is 12.2 Å². The number of hydrogen-bond donors (Lipinski definition) is 1. The standard InChI is InChI=1S/C13H10BrN3S/c1-8-6-7-15-12-11(8)16-13(18)17(12)10-4-2-9(14)3-5-10/h2-7H,1H3,(H,16,18). The van der Waals surface area contributed by atoms with Crippen LogP contribution >= 0.6 is 28.1 Å². The van der Waals surface area contributed by atoms with E-state index in [-0.39, 0.29) is 0 Å². The lowest BCUT2D eigenvalue weighted by Crippen LogP contribution is -1.95. The summed E-state index contributed by atoms with van der Waals surface area (Å²) in [5, 5.41) is 0.